The zero-order chi connectivity index (χ0) is 17.2. The number of hydrogen-bond acceptors (Lipinski definition) is 6. The number of thiophene rings is 1. The Bertz CT molecular complexity index is 883. The molecule has 1 aromatic carbocycles. The smallest absolute Gasteiger partial charge is 0.324 e. The predicted molar refractivity (Wildman–Crippen MR) is 104 cm³/mol. The molecule has 0 atom stereocenters. The summed E-state index contributed by atoms with van der Waals surface area (Å²) in [7, 11) is 0. The van der Waals surface area contributed by atoms with E-state index in [0.29, 0.717) is 0 Å². The van der Waals surface area contributed by atoms with Gasteiger partial charge in [-0.15, -0.1) is 0 Å². The van der Waals surface area contributed by atoms with Gasteiger partial charge in [0.2, 0.25) is 0 Å². The van der Waals surface area contributed by atoms with E-state index in [1.807, 2.05) is 36.4 Å². The Kier molecular flexibility index (Phi) is 4.50. The highest BCUT2D eigenvalue weighted by atomic mass is 32.1. The molecule has 25 heavy (non-hydrogen) atoms. The van der Waals surface area contributed by atoms with Gasteiger partial charge in [-0.05, 0) is 25.3 Å². The van der Waals surface area contributed by atoms with Crippen LogP contribution in [0.25, 0.3) is 21.0 Å². The summed E-state index contributed by atoms with van der Waals surface area (Å²) in [6.07, 6.45) is 3.66. The number of piperidine rings is 1. The van der Waals surface area contributed by atoms with Crippen LogP contribution in [0.5, 0.6) is 0 Å². The minimum atomic E-state index is -0.330. The largest absolute Gasteiger partial charge is 0.348 e. The van der Waals surface area contributed by atoms with Gasteiger partial charge in [0.25, 0.3) is 0 Å². The number of thiazole rings is 1. The standard InChI is InChI=1S/C18H17N3O2S2/c22-21(23)15-10-9-14(24-15)17-16(13-7-3-1-4-8-13)19-18(25-17)20-11-5-2-6-12-20/h1,3-4,7-10H,2,5-6,11-12H2. The molecule has 3 heterocycles. The lowest BCUT2D eigenvalue weighted by atomic mass is 10.1. The second kappa shape index (κ2) is 6.93. The average Bonchev–Trinajstić information content (AvgIpc) is 3.30. The molecule has 5 nitrogen and oxygen atoms in total. The maximum absolute atomic E-state index is 11.0. The molecule has 0 spiro atoms. The SMILES string of the molecule is O=[N+]([O-])c1ccc(-c2sc(N3CCCCC3)nc2-c2ccccc2)s1. The fraction of sp³-hybridized carbons (Fsp3) is 0.278. The highest BCUT2D eigenvalue weighted by Gasteiger charge is 2.22. The van der Waals surface area contributed by atoms with Gasteiger partial charge in [-0.2, -0.15) is 0 Å². The Morgan fingerprint density at radius 2 is 1.76 bits per heavy atom. The van der Waals surface area contributed by atoms with Crippen molar-refractivity contribution >= 4 is 32.8 Å². The quantitative estimate of drug-likeness (QED) is 0.453. The first-order valence-electron chi connectivity index (χ1n) is 8.28. The highest BCUT2D eigenvalue weighted by molar-refractivity contribution is 7.25. The third-order valence-corrected chi connectivity index (χ3v) is 6.62. The summed E-state index contributed by atoms with van der Waals surface area (Å²) in [5.74, 6) is 0. The molecule has 0 radical (unpaired) electrons. The van der Waals surface area contributed by atoms with Crippen molar-refractivity contribution in [3.63, 3.8) is 0 Å². The number of rotatable bonds is 4. The molecule has 128 valence electrons. The van der Waals surface area contributed by atoms with Gasteiger partial charge in [0.15, 0.2) is 5.13 Å². The van der Waals surface area contributed by atoms with Crippen molar-refractivity contribution < 1.29 is 4.92 Å². The van der Waals surface area contributed by atoms with E-state index in [4.69, 9.17) is 4.98 Å². The number of anilines is 1. The molecule has 1 aliphatic rings. The van der Waals surface area contributed by atoms with Gasteiger partial charge in [-0.3, -0.25) is 10.1 Å². The molecule has 0 aliphatic carbocycles. The number of aromatic nitrogens is 1. The molecule has 4 rings (SSSR count). The van der Waals surface area contributed by atoms with Gasteiger partial charge in [-0.1, -0.05) is 53.0 Å². The van der Waals surface area contributed by atoms with Crippen LogP contribution in [0, 0.1) is 10.1 Å². The Labute approximate surface area is 153 Å². The zero-order valence-corrected chi connectivity index (χ0v) is 15.2. The lowest BCUT2D eigenvalue weighted by Crippen LogP contribution is -2.29. The van der Waals surface area contributed by atoms with Gasteiger partial charge < -0.3 is 4.90 Å². The molecule has 1 aliphatic heterocycles. The molecular weight excluding hydrogens is 354 g/mol. The van der Waals surface area contributed by atoms with E-state index >= 15 is 0 Å². The molecule has 0 bridgehead atoms. The maximum Gasteiger partial charge on any atom is 0.324 e. The number of benzene rings is 1. The number of hydrogen-bond donors (Lipinski definition) is 0. The van der Waals surface area contributed by atoms with E-state index in [-0.39, 0.29) is 9.92 Å². The van der Waals surface area contributed by atoms with Gasteiger partial charge in [-0.25, -0.2) is 4.98 Å². The molecule has 2 aromatic heterocycles. The summed E-state index contributed by atoms with van der Waals surface area (Å²) >= 11 is 2.86. The van der Waals surface area contributed by atoms with Crippen LogP contribution in [-0.2, 0) is 0 Å². The molecule has 0 saturated carbocycles. The van der Waals surface area contributed by atoms with Crippen molar-refractivity contribution in [1.29, 1.82) is 0 Å². The van der Waals surface area contributed by atoms with Gasteiger partial charge in [0.1, 0.15) is 0 Å². The van der Waals surface area contributed by atoms with Crippen LogP contribution in [0.4, 0.5) is 10.1 Å². The van der Waals surface area contributed by atoms with E-state index in [1.54, 1.807) is 17.4 Å². The predicted octanol–water partition coefficient (Wildman–Crippen LogP) is 5.44. The van der Waals surface area contributed by atoms with Crippen LogP contribution in [0.3, 0.4) is 0 Å². The normalized spacial score (nSPS) is 14.6. The van der Waals surface area contributed by atoms with E-state index in [0.717, 1.165) is 39.2 Å². The molecular formula is C18H17N3O2S2. The number of nitrogens with zero attached hydrogens (tertiary/aromatic N) is 3. The third kappa shape index (κ3) is 3.29. The number of nitro groups is 1. The zero-order valence-electron chi connectivity index (χ0n) is 13.6. The van der Waals surface area contributed by atoms with Crippen LogP contribution in [0.15, 0.2) is 42.5 Å². The van der Waals surface area contributed by atoms with Crippen LogP contribution in [0.1, 0.15) is 19.3 Å². The van der Waals surface area contributed by atoms with E-state index < -0.39 is 0 Å². The lowest BCUT2D eigenvalue weighted by molar-refractivity contribution is -0.380. The molecule has 0 amide bonds. The van der Waals surface area contributed by atoms with Crippen LogP contribution in [-0.4, -0.2) is 23.0 Å². The summed E-state index contributed by atoms with van der Waals surface area (Å²) < 4.78 is 0. The Morgan fingerprint density at radius 1 is 1.00 bits per heavy atom. The van der Waals surface area contributed by atoms with E-state index in [9.17, 15) is 10.1 Å². The fourth-order valence-corrected chi connectivity index (χ4v) is 5.11. The molecule has 1 saturated heterocycles. The monoisotopic (exact) mass is 371 g/mol. The summed E-state index contributed by atoms with van der Waals surface area (Å²) in [4.78, 5) is 19.9. The topological polar surface area (TPSA) is 59.3 Å². The van der Waals surface area contributed by atoms with Crippen LogP contribution in [0.2, 0.25) is 0 Å². The van der Waals surface area contributed by atoms with E-state index in [1.165, 1.54) is 30.6 Å². The summed E-state index contributed by atoms with van der Waals surface area (Å²) in [6, 6.07) is 13.5. The molecule has 1 fully saturated rings. The summed E-state index contributed by atoms with van der Waals surface area (Å²) in [6.45, 7) is 2.07. The van der Waals surface area contributed by atoms with Crippen molar-refractivity contribution in [3.8, 4) is 21.0 Å². The maximum atomic E-state index is 11.0. The van der Waals surface area contributed by atoms with Crippen molar-refractivity contribution in [2.24, 2.45) is 0 Å². The van der Waals surface area contributed by atoms with Crippen molar-refractivity contribution in [2.75, 3.05) is 18.0 Å². The summed E-state index contributed by atoms with van der Waals surface area (Å²) in [5, 5.41) is 12.2. The van der Waals surface area contributed by atoms with Crippen molar-refractivity contribution in [1.82, 2.24) is 4.98 Å². The van der Waals surface area contributed by atoms with Crippen LogP contribution >= 0.6 is 22.7 Å². The first kappa shape index (κ1) is 16.2. The Morgan fingerprint density at radius 3 is 2.44 bits per heavy atom. The van der Waals surface area contributed by atoms with Gasteiger partial charge >= 0.3 is 5.00 Å². The molecule has 0 N–H and O–H groups in total. The van der Waals surface area contributed by atoms with Gasteiger partial charge in [0, 0.05) is 24.7 Å². The first-order valence-corrected chi connectivity index (χ1v) is 9.91. The second-order valence-electron chi connectivity index (χ2n) is 5.98. The second-order valence-corrected chi connectivity index (χ2v) is 8.02. The molecule has 3 aromatic rings. The van der Waals surface area contributed by atoms with Crippen molar-refractivity contribution in [2.45, 2.75) is 19.3 Å². The summed E-state index contributed by atoms with van der Waals surface area (Å²) in [5.41, 5.74) is 1.97. The van der Waals surface area contributed by atoms with Crippen LogP contribution < -0.4 is 4.90 Å². The fourth-order valence-electron chi connectivity index (χ4n) is 3.04. The first-order chi connectivity index (χ1) is 12.2. The van der Waals surface area contributed by atoms with Crippen molar-refractivity contribution in [3.05, 3.63) is 52.6 Å². The Hall–Kier alpha value is -2.25. The lowest BCUT2D eigenvalue weighted by Gasteiger charge is -2.25. The minimum absolute atomic E-state index is 0.168. The van der Waals surface area contributed by atoms with Gasteiger partial charge in [0.05, 0.1) is 20.4 Å². The van der Waals surface area contributed by atoms with E-state index in [2.05, 4.69) is 4.90 Å². The average molecular weight is 371 g/mol. The molecule has 7 heteroatoms. The third-order valence-electron chi connectivity index (χ3n) is 4.29. The molecule has 0 unspecified atom stereocenters. The highest BCUT2D eigenvalue weighted by Crippen LogP contribution is 2.44. The minimum Gasteiger partial charge on any atom is -0.348 e. The Balaban J connectivity index is 1.79.